The summed E-state index contributed by atoms with van der Waals surface area (Å²) in [6.07, 6.45) is 2.31. The van der Waals surface area contributed by atoms with Crippen molar-refractivity contribution in [3.63, 3.8) is 0 Å². The van der Waals surface area contributed by atoms with Gasteiger partial charge in [-0.05, 0) is 30.0 Å². The van der Waals surface area contributed by atoms with Gasteiger partial charge < -0.3 is 15.4 Å². The van der Waals surface area contributed by atoms with Crippen molar-refractivity contribution in [2.45, 2.75) is 23.9 Å². The summed E-state index contributed by atoms with van der Waals surface area (Å²) in [7, 11) is 0. The SMILES string of the molecule is CSc1ccc(F)cc1CNC(=O)CC1COCCN1. The fourth-order valence-corrected chi connectivity index (χ4v) is 2.72. The van der Waals surface area contributed by atoms with E-state index in [4.69, 9.17) is 4.74 Å². The molecule has 0 aliphatic carbocycles. The van der Waals surface area contributed by atoms with Gasteiger partial charge in [-0.25, -0.2) is 4.39 Å². The molecule has 1 amide bonds. The molecular formula is C14H19FN2O2S. The number of hydrogen-bond acceptors (Lipinski definition) is 4. The maximum absolute atomic E-state index is 13.2. The topological polar surface area (TPSA) is 50.4 Å². The highest BCUT2D eigenvalue weighted by Gasteiger charge is 2.16. The van der Waals surface area contributed by atoms with E-state index in [1.165, 1.54) is 12.1 Å². The molecule has 4 nitrogen and oxygen atoms in total. The number of ether oxygens (including phenoxy) is 1. The second kappa shape index (κ2) is 7.61. The molecule has 1 aromatic rings. The molecule has 0 spiro atoms. The number of halogens is 1. The van der Waals surface area contributed by atoms with E-state index in [1.807, 2.05) is 6.26 Å². The number of thioether (sulfide) groups is 1. The van der Waals surface area contributed by atoms with Crippen molar-refractivity contribution in [2.24, 2.45) is 0 Å². The first-order valence-corrected chi connectivity index (χ1v) is 7.81. The van der Waals surface area contributed by atoms with E-state index < -0.39 is 0 Å². The van der Waals surface area contributed by atoms with Gasteiger partial charge in [0, 0.05) is 30.4 Å². The normalized spacial score (nSPS) is 18.8. The van der Waals surface area contributed by atoms with Crippen molar-refractivity contribution in [3.8, 4) is 0 Å². The third kappa shape index (κ3) is 4.47. The standard InChI is InChI=1S/C14H19FN2O2S/c1-20-13-3-2-11(15)6-10(13)8-17-14(18)7-12-9-19-5-4-16-12/h2-3,6,12,16H,4-5,7-9H2,1H3,(H,17,18). The largest absolute Gasteiger partial charge is 0.378 e. The highest BCUT2D eigenvalue weighted by Crippen LogP contribution is 2.21. The summed E-state index contributed by atoms with van der Waals surface area (Å²) in [5.74, 6) is -0.335. The van der Waals surface area contributed by atoms with E-state index in [0.717, 1.165) is 17.0 Å². The van der Waals surface area contributed by atoms with Crippen molar-refractivity contribution in [3.05, 3.63) is 29.6 Å². The molecule has 2 N–H and O–H groups in total. The van der Waals surface area contributed by atoms with Gasteiger partial charge in [0.2, 0.25) is 5.91 Å². The minimum Gasteiger partial charge on any atom is -0.378 e. The lowest BCUT2D eigenvalue weighted by Gasteiger charge is -2.23. The van der Waals surface area contributed by atoms with Crippen LogP contribution in [0.15, 0.2) is 23.1 Å². The van der Waals surface area contributed by atoms with Crippen molar-refractivity contribution < 1.29 is 13.9 Å². The Kier molecular flexibility index (Phi) is 5.82. The van der Waals surface area contributed by atoms with Gasteiger partial charge in [0.05, 0.1) is 13.2 Å². The quantitative estimate of drug-likeness (QED) is 0.810. The first kappa shape index (κ1) is 15.3. The maximum atomic E-state index is 13.2. The van der Waals surface area contributed by atoms with Gasteiger partial charge in [0.25, 0.3) is 0 Å². The summed E-state index contributed by atoms with van der Waals surface area (Å²) in [5, 5.41) is 6.06. The van der Waals surface area contributed by atoms with Crippen LogP contribution >= 0.6 is 11.8 Å². The molecule has 1 fully saturated rings. The Bertz CT molecular complexity index is 464. The highest BCUT2D eigenvalue weighted by atomic mass is 32.2. The van der Waals surface area contributed by atoms with E-state index in [-0.39, 0.29) is 17.8 Å². The monoisotopic (exact) mass is 298 g/mol. The Morgan fingerprint density at radius 3 is 3.15 bits per heavy atom. The van der Waals surface area contributed by atoms with E-state index >= 15 is 0 Å². The van der Waals surface area contributed by atoms with E-state index in [9.17, 15) is 9.18 Å². The molecule has 1 atom stereocenters. The number of rotatable bonds is 5. The summed E-state index contributed by atoms with van der Waals surface area (Å²) in [6, 6.07) is 4.70. The smallest absolute Gasteiger partial charge is 0.221 e. The van der Waals surface area contributed by atoms with Crippen LogP contribution in [0.3, 0.4) is 0 Å². The van der Waals surface area contributed by atoms with E-state index in [2.05, 4.69) is 10.6 Å². The number of amides is 1. The van der Waals surface area contributed by atoms with Crippen molar-refractivity contribution in [2.75, 3.05) is 26.0 Å². The van der Waals surface area contributed by atoms with Crippen molar-refractivity contribution in [1.82, 2.24) is 10.6 Å². The van der Waals surface area contributed by atoms with E-state index in [1.54, 1.807) is 17.8 Å². The molecule has 1 unspecified atom stereocenters. The molecule has 0 bridgehead atoms. The maximum Gasteiger partial charge on any atom is 0.221 e. The molecule has 0 aromatic heterocycles. The molecule has 20 heavy (non-hydrogen) atoms. The molecule has 6 heteroatoms. The number of hydrogen-bond donors (Lipinski definition) is 2. The van der Waals surface area contributed by atoms with E-state index in [0.29, 0.717) is 26.2 Å². The molecule has 1 aromatic carbocycles. The van der Waals surface area contributed by atoms with Gasteiger partial charge in [-0.1, -0.05) is 0 Å². The number of carbonyl (C=O) groups is 1. The Labute approximate surface area is 122 Å². The molecule has 2 rings (SSSR count). The van der Waals surface area contributed by atoms with Crippen LogP contribution in [0, 0.1) is 5.82 Å². The summed E-state index contributed by atoms with van der Waals surface area (Å²) in [4.78, 5) is 12.8. The predicted molar refractivity (Wildman–Crippen MR) is 77.3 cm³/mol. The molecule has 1 aliphatic heterocycles. The zero-order valence-electron chi connectivity index (χ0n) is 11.4. The third-order valence-corrected chi connectivity index (χ3v) is 3.99. The molecular weight excluding hydrogens is 279 g/mol. The zero-order chi connectivity index (χ0) is 14.4. The lowest BCUT2D eigenvalue weighted by atomic mass is 10.1. The first-order valence-electron chi connectivity index (χ1n) is 6.59. The highest BCUT2D eigenvalue weighted by molar-refractivity contribution is 7.98. The summed E-state index contributed by atoms with van der Waals surface area (Å²) >= 11 is 1.54. The van der Waals surface area contributed by atoms with Crippen LogP contribution in [-0.2, 0) is 16.1 Å². The molecule has 1 aliphatic rings. The fourth-order valence-electron chi connectivity index (χ4n) is 2.13. The third-order valence-electron chi connectivity index (χ3n) is 3.15. The lowest BCUT2D eigenvalue weighted by Crippen LogP contribution is -2.44. The minimum absolute atomic E-state index is 0.0516. The first-order chi connectivity index (χ1) is 9.69. The summed E-state index contributed by atoms with van der Waals surface area (Å²) in [5.41, 5.74) is 0.804. The van der Waals surface area contributed by atoms with Gasteiger partial charge in [0.1, 0.15) is 5.82 Å². The second-order valence-electron chi connectivity index (χ2n) is 4.66. The summed E-state index contributed by atoms with van der Waals surface area (Å²) < 4.78 is 18.5. The Balaban J connectivity index is 1.84. The zero-order valence-corrected chi connectivity index (χ0v) is 12.3. The van der Waals surface area contributed by atoms with Gasteiger partial charge in [0.15, 0.2) is 0 Å². The average molecular weight is 298 g/mol. The Morgan fingerprint density at radius 1 is 1.60 bits per heavy atom. The van der Waals surface area contributed by atoms with Crippen LogP contribution in [0.5, 0.6) is 0 Å². The molecule has 1 saturated heterocycles. The minimum atomic E-state index is -0.283. The van der Waals surface area contributed by atoms with Crippen LogP contribution in [0.25, 0.3) is 0 Å². The molecule has 0 radical (unpaired) electrons. The fraction of sp³-hybridized carbons (Fsp3) is 0.500. The van der Waals surface area contributed by atoms with Crippen LogP contribution < -0.4 is 10.6 Å². The van der Waals surface area contributed by atoms with Gasteiger partial charge in [-0.15, -0.1) is 11.8 Å². The van der Waals surface area contributed by atoms with Gasteiger partial charge in [-0.2, -0.15) is 0 Å². The lowest BCUT2D eigenvalue weighted by molar-refractivity contribution is -0.122. The number of benzene rings is 1. The Morgan fingerprint density at radius 2 is 2.45 bits per heavy atom. The number of carbonyl (C=O) groups excluding carboxylic acids is 1. The van der Waals surface area contributed by atoms with Crippen LogP contribution in [0.1, 0.15) is 12.0 Å². The van der Waals surface area contributed by atoms with Crippen molar-refractivity contribution >= 4 is 17.7 Å². The predicted octanol–water partition coefficient (Wildman–Crippen LogP) is 1.54. The average Bonchev–Trinajstić information content (AvgIpc) is 2.46. The Hall–Kier alpha value is -1.11. The summed E-state index contributed by atoms with van der Waals surface area (Å²) in [6.45, 7) is 2.38. The van der Waals surface area contributed by atoms with Crippen LogP contribution in [-0.4, -0.2) is 38.0 Å². The van der Waals surface area contributed by atoms with Gasteiger partial charge >= 0.3 is 0 Å². The number of morpholine rings is 1. The molecule has 110 valence electrons. The van der Waals surface area contributed by atoms with Gasteiger partial charge in [-0.3, -0.25) is 4.79 Å². The second-order valence-corrected chi connectivity index (χ2v) is 5.51. The van der Waals surface area contributed by atoms with Crippen molar-refractivity contribution in [1.29, 1.82) is 0 Å². The molecule has 1 heterocycles. The molecule has 0 saturated carbocycles. The van der Waals surface area contributed by atoms with Crippen LogP contribution in [0.4, 0.5) is 4.39 Å². The number of nitrogens with one attached hydrogen (secondary N) is 2. The van der Waals surface area contributed by atoms with Crippen LogP contribution in [0.2, 0.25) is 0 Å².